The first-order valence-corrected chi connectivity index (χ1v) is 10.3. The lowest BCUT2D eigenvalue weighted by Gasteiger charge is -2.25. The van der Waals surface area contributed by atoms with E-state index in [0.29, 0.717) is 28.5 Å². The van der Waals surface area contributed by atoms with Gasteiger partial charge in [-0.2, -0.15) is 0 Å². The number of rotatable bonds is 6. The molecule has 148 valence electrons. The Kier molecular flexibility index (Phi) is 5.47. The Morgan fingerprint density at radius 3 is 2.29 bits per heavy atom. The smallest absolute Gasteiger partial charge is 0.264 e. The predicted octanol–water partition coefficient (Wildman–Crippen LogP) is 4.31. The van der Waals surface area contributed by atoms with E-state index in [1.165, 1.54) is 4.31 Å². The zero-order valence-electron chi connectivity index (χ0n) is 16.7. The highest BCUT2D eigenvalue weighted by atomic mass is 32.2. The summed E-state index contributed by atoms with van der Waals surface area (Å²) in [6, 6.07) is 12.4. The molecule has 0 bridgehead atoms. The molecule has 0 aliphatic carbocycles. The van der Waals surface area contributed by atoms with Gasteiger partial charge in [0.2, 0.25) is 0 Å². The lowest BCUT2D eigenvalue weighted by atomic mass is 10.2. The van der Waals surface area contributed by atoms with Crippen LogP contribution in [0.25, 0.3) is 0 Å². The molecule has 0 unspecified atom stereocenters. The quantitative estimate of drug-likeness (QED) is 0.616. The number of benzene rings is 2. The van der Waals surface area contributed by atoms with Crippen molar-refractivity contribution in [3.63, 3.8) is 0 Å². The Labute approximate surface area is 165 Å². The Bertz CT molecular complexity index is 1070. The number of aromatic nitrogens is 1. The largest absolute Gasteiger partial charge is 0.497 e. The second-order valence-electron chi connectivity index (χ2n) is 6.78. The van der Waals surface area contributed by atoms with Gasteiger partial charge in [0.1, 0.15) is 11.5 Å². The van der Waals surface area contributed by atoms with E-state index in [0.717, 1.165) is 11.1 Å². The molecule has 0 saturated heterocycles. The van der Waals surface area contributed by atoms with Crippen LogP contribution in [-0.2, 0) is 16.6 Å². The molecule has 3 rings (SSSR count). The lowest BCUT2D eigenvalue weighted by Crippen LogP contribution is -2.31. The highest BCUT2D eigenvalue weighted by Crippen LogP contribution is 2.30. The molecule has 0 spiro atoms. The van der Waals surface area contributed by atoms with Gasteiger partial charge in [-0.25, -0.2) is 8.42 Å². The molecule has 2 aromatic carbocycles. The summed E-state index contributed by atoms with van der Waals surface area (Å²) in [5.74, 6) is 1.26. The molecule has 1 aromatic heterocycles. The molecule has 0 aliphatic rings. The Morgan fingerprint density at radius 1 is 1.04 bits per heavy atom. The van der Waals surface area contributed by atoms with Gasteiger partial charge < -0.3 is 9.26 Å². The lowest BCUT2D eigenvalue weighted by molar-refractivity contribution is 0.392. The summed E-state index contributed by atoms with van der Waals surface area (Å²) in [6.45, 7) is 7.40. The zero-order valence-corrected chi connectivity index (χ0v) is 17.5. The molecular formula is C21H24N2O4S. The molecule has 0 radical (unpaired) electrons. The van der Waals surface area contributed by atoms with Crippen LogP contribution < -0.4 is 9.04 Å². The van der Waals surface area contributed by atoms with Crippen molar-refractivity contribution in [2.75, 3.05) is 11.4 Å². The molecule has 0 amide bonds. The topological polar surface area (TPSA) is 72.6 Å². The van der Waals surface area contributed by atoms with Gasteiger partial charge in [-0.3, -0.25) is 4.31 Å². The second-order valence-corrected chi connectivity index (χ2v) is 8.61. The van der Waals surface area contributed by atoms with E-state index in [-0.39, 0.29) is 11.4 Å². The molecule has 3 aromatic rings. The van der Waals surface area contributed by atoms with Crippen molar-refractivity contribution in [2.24, 2.45) is 0 Å². The normalized spacial score (nSPS) is 11.5. The third-order valence-corrected chi connectivity index (χ3v) is 6.67. The summed E-state index contributed by atoms with van der Waals surface area (Å²) in [4.78, 5) is 0.287. The van der Waals surface area contributed by atoms with Crippen LogP contribution >= 0.6 is 0 Å². The standard InChI is InChI=1S/C21H24N2O4S/c1-14-6-7-15(2)21(12-14)28(24,25)23(13-20-16(3)22-27-17(20)4)18-8-10-19(26-5)11-9-18/h6-12H,13H2,1-5H3. The van der Waals surface area contributed by atoms with Crippen molar-refractivity contribution in [1.82, 2.24) is 5.16 Å². The Morgan fingerprint density at radius 2 is 1.71 bits per heavy atom. The van der Waals surface area contributed by atoms with Crippen LogP contribution in [0.5, 0.6) is 5.75 Å². The highest BCUT2D eigenvalue weighted by molar-refractivity contribution is 7.92. The number of hydrogen-bond acceptors (Lipinski definition) is 5. The van der Waals surface area contributed by atoms with Gasteiger partial charge in [0.05, 0.1) is 29.9 Å². The van der Waals surface area contributed by atoms with Crippen LogP contribution in [0.1, 0.15) is 28.1 Å². The van der Waals surface area contributed by atoms with Crippen molar-refractivity contribution in [1.29, 1.82) is 0 Å². The monoisotopic (exact) mass is 400 g/mol. The number of aryl methyl sites for hydroxylation is 4. The van der Waals surface area contributed by atoms with Gasteiger partial charge in [-0.05, 0) is 69.2 Å². The molecule has 0 N–H and O–H groups in total. The number of anilines is 1. The second kappa shape index (κ2) is 7.67. The number of hydrogen-bond donors (Lipinski definition) is 0. The zero-order chi connectivity index (χ0) is 20.5. The summed E-state index contributed by atoms with van der Waals surface area (Å²) >= 11 is 0. The van der Waals surface area contributed by atoms with Crippen LogP contribution in [0.2, 0.25) is 0 Å². The minimum Gasteiger partial charge on any atom is -0.497 e. The fourth-order valence-corrected chi connectivity index (χ4v) is 4.78. The van der Waals surface area contributed by atoms with Crippen molar-refractivity contribution in [2.45, 2.75) is 39.1 Å². The van der Waals surface area contributed by atoms with Gasteiger partial charge in [0.15, 0.2) is 0 Å². The van der Waals surface area contributed by atoms with Gasteiger partial charge in [0, 0.05) is 5.56 Å². The van der Waals surface area contributed by atoms with Crippen molar-refractivity contribution >= 4 is 15.7 Å². The van der Waals surface area contributed by atoms with Crippen LogP contribution in [0, 0.1) is 27.7 Å². The van der Waals surface area contributed by atoms with Gasteiger partial charge >= 0.3 is 0 Å². The fourth-order valence-electron chi connectivity index (χ4n) is 3.04. The SMILES string of the molecule is COc1ccc(N(Cc2c(C)noc2C)S(=O)(=O)c2cc(C)ccc2C)cc1. The highest BCUT2D eigenvalue weighted by Gasteiger charge is 2.29. The van der Waals surface area contributed by atoms with Crippen LogP contribution in [0.4, 0.5) is 5.69 Å². The maximum atomic E-state index is 13.7. The van der Waals surface area contributed by atoms with E-state index in [1.54, 1.807) is 51.3 Å². The summed E-state index contributed by atoms with van der Waals surface area (Å²) < 4.78 is 39.1. The molecule has 6 nitrogen and oxygen atoms in total. The minimum absolute atomic E-state index is 0.128. The van der Waals surface area contributed by atoms with Crippen LogP contribution in [-0.4, -0.2) is 20.7 Å². The number of methoxy groups -OCH3 is 1. The van der Waals surface area contributed by atoms with Gasteiger partial charge in [-0.15, -0.1) is 0 Å². The summed E-state index contributed by atoms with van der Waals surface area (Å²) in [6.07, 6.45) is 0. The Balaban J connectivity index is 2.15. The summed E-state index contributed by atoms with van der Waals surface area (Å²) in [5.41, 5.74) is 3.55. The molecule has 0 saturated carbocycles. The first-order chi connectivity index (χ1) is 13.2. The van der Waals surface area contributed by atoms with E-state index >= 15 is 0 Å². The Hall–Kier alpha value is -2.80. The van der Waals surface area contributed by atoms with E-state index in [2.05, 4.69) is 5.16 Å². The third-order valence-electron chi connectivity index (χ3n) is 4.76. The van der Waals surface area contributed by atoms with Gasteiger partial charge in [0.25, 0.3) is 10.0 Å². The number of ether oxygens (including phenoxy) is 1. The summed E-state index contributed by atoms with van der Waals surface area (Å²) in [7, 11) is -2.24. The molecule has 7 heteroatoms. The molecule has 0 fully saturated rings. The maximum Gasteiger partial charge on any atom is 0.264 e. The first-order valence-electron chi connectivity index (χ1n) is 8.90. The summed E-state index contributed by atoms with van der Waals surface area (Å²) in [5, 5.41) is 3.96. The first kappa shape index (κ1) is 19.9. The van der Waals surface area contributed by atoms with E-state index in [4.69, 9.17) is 9.26 Å². The van der Waals surface area contributed by atoms with Gasteiger partial charge in [-0.1, -0.05) is 17.3 Å². The minimum atomic E-state index is -3.81. The van der Waals surface area contributed by atoms with Crippen LogP contribution in [0.15, 0.2) is 51.9 Å². The molecule has 28 heavy (non-hydrogen) atoms. The number of nitrogens with zero attached hydrogens (tertiary/aromatic N) is 2. The average molecular weight is 401 g/mol. The molecule has 0 atom stereocenters. The third kappa shape index (κ3) is 3.75. The average Bonchev–Trinajstić information content (AvgIpc) is 2.99. The fraction of sp³-hybridized carbons (Fsp3) is 0.286. The van der Waals surface area contributed by atoms with E-state index in [1.807, 2.05) is 26.0 Å². The van der Waals surface area contributed by atoms with E-state index in [9.17, 15) is 8.42 Å². The number of sulfonamides is 1. The molecule has 0 aliphatic heterocycles. The molecule has 1 heterocycles. The van der Waals surface area contributed by atoms with Crippen molar-refractivity contribution < 1.29 is 17.7 Å². The van der Waals surface area contributed by atoms with E-state index < -0.39 is 10.0 Å². The maximum absolute atomic E-state index is 13.7. The van der Waals surface area contributed by atoms with Crippen molar-refractivity contribution in [3.8, 4) is 5.75 Å². The van der Waals surface area contributed by atoms with Crippen LogP contribution in [0.3, 0.4) is 0 Å². The van der Waals surface area contributed by atoms with Crippen molar-refractivity contribution in [3.05, 3.63) is 70.6 Å². The molecular weight excluding hydrogens is 376 g/mol. The predicted molar refractivity (Wildman–Crippen MR) is 108 cm³/mol.